The Kier molecular flexibility index (Phi) is 7.72. The molecule has 0 spiro atoms. The molecule has 8 nitrogen and oxygen atoms in total. The first kappa shape index (κ1) is 24.0. The second kappa shape index (κ2) is 10.3. The summed E-state index contributed by atoms with van der Waals surface area (Å²) in [5.41, 5.74) is 2.68. The van der Waals surface area contributed by atoms with E-state index in [1.54, 1.807) is 0 Å². The van der Waals surface area contributed by atoms with Crippen LogP contribution in [0.3, 0.4) is 0 Å². The first-order valence-electron chi connectivity index (χ1n) is 10.5. The highest BCUT2D eigenvalue weighted by Gasteiger charge is 2.39. The maximum absolute atomic E-state index is 13.4. The van der Waals surface area contributed by atoms with E-state index in [9.17, 15) is 23.9 Å². The minimum Gasteiger partial charge on any atom is -0.459 e. The maximum atomic E-state index is 13.4. The number of fused-ring (bicyclic) bond motifs is 1. The highest BCUT2D eigenvalue weighted by Crippen LogP contribution is 2.36. The molecular formula is C23H29N2O6P. The lowest BCUT2D eigenvalue weighted by Crippen LogP contribution is -2.54. The van der Waals surface area contributed by atoms with E-state index < -0.39 is 31.9 Å². The minimum atomic E-state index is -4.48. The fourth-order valence-electron chi connectivity index (χ4n) is 3.80. The molecule has 0 aliphatic carbocycles. The standard InChI is InChI=1S/C23H29N2O6P/c1-17(2)13-24(16-32(28,29)30)23(27)25-14-20-11-7-6-10-19(20)12-21(25)22(26)31-15-18-8-4-3-5-9-18/h3-11,17,21H,12-16H2,1-2H3,(H2,28,29,30)/t21-/m1/s1. The van der Waals surface area contributed by atoms with Crippen LogP contribution in [0.1, 0.15) is 30.5 Å². The number of nitrogens with zero attached hydrogens (tertiary/aromatic N) is 2. The van der Waals surface area contributed by atoms with Gasteiger partial charge in [-0.3, -0.25) is 4.57 Å². The quantitative estimate of drug-likeness (QED) is 0.485. The van der Waals surface area contributed by atoms with Crippen molar-refractivity contribution in [3.05, 3.63) is 71.3 Å². The number of amides is 2. The molecule has 1 aliphatic heterocycles. The third-order valence-electron chi connectivity index (χ3n) is 5.20. The Hall–Kier alpha value is -2.67. The van der Waals surface area contributed by atoms with Crippen molar-refractivity contribution in [1.29, 1.82) is 0 Å². The Labute approximate surface area is 188 Å². The second-order valence-electron chi connectivity index (χ2n) is 8.41. The number of hydrogen-bond acceptors (Lipinski definition) is 4. The highest BCUT2D eigenvalue weighted by atomic mass is 31.2. The van der Waals surface area contributed by atoms with E-state index >= 15 is 0 Å². The zero-order chi connectivity index (χ0) is 23.3. The van der Waals surface area contributed by atoms with Crippen molar-refractivity contribution < 1.29 is 28.7 Å². The zero-order valence-electron chi connectivity index (χ0n) is 18.3. The predicted molar refractivity (Wildman–Crippen MR) is 120 cm³/mol. The third-order valence-corrected chi connectivity index (χ3v) is 5.91. The van der Waals surface area contributed by atoms with Gasteiger partial charge >= 0.3 is 19.6 Å². The Bertz CT molecular complexity index is 991. The summed E-state index contributed by atoms with van der Waals surface area (Å²) in [5.74, 6) is -0.552. The van der Waals surface area contributed by atoms with Gasteiger partial charge in [-0.1, -0.05) is 68.4 Å². The van der Waals surface area contributed by atoms with E-state index in [1.807, 2.05) is 68.4 Å². The van der Waals surface area contributed by atoms with E-state index in [0.717, 1.165) is 21.6 Å². The average Bonchev–Trinajstić information content (AvgIpc) is 2.75. The molecule has 1 aliphatic rings. The fraction of sp³-hybridized carbons (Fsp3) is 0.391. The summed E-state index contributed by atoms with van der Waals surface area (Å²) in [5, 5.41) is 0. The lowest BCUT2D eigenvalue weighted by atomic mass is 9.94. The molecule has 1 atom stereocenters. The molecule has 2 N–H and O–H groups in total. The molecule has 9 heteroatoms. The van der Waals surface area contributed by atoms with E-state index in [4.69, 9.17) is 4.74 Å². The molecule has 1 heterocycles. The number of urea groups is 1. The van der Waals surface area contributed by atoms with Crippen molar-refractivity contribution in [1.82, 2.24) is 9.80 Å². The fourth-order valence-corrected chi connectivity index (χ4v) is 4.48. The van der Waals surface area contributed by atoms with Gasteiger partial charge in [0.15, 0.2) is 0 Å². The molecule has 0 unspecified atom stereocenters. The first-order valence-corrected chi connectivity index (χ1v) is 12.3. The topological polar surface area (TPSA) is 107 Å². The molecule has 3 rings (SSSR count). The first-order chi connectivity index (χ1) is 15.1. The van der Waals surface area contributed by atoms with Crippen molar-refractivity contribution in [3.8, 4) is 0 Å². The Morgan fingerprint density at radius 2 is 1.72 bits per heavy atom. The van der Waals surface area contributed by atoms with Gasteiger partial charge in [-0.2, -0.15) is 0 Å². The zero-order valence-corrected chi connectivity index (χ0v) is 19.1. The summed E-state index contributed by atoms with van der Waals surface area (Å²) in [6.45, 7) is 4.12. The lowest BCUT2D eigenvalue weighted by Gasteiger charge is -2.39. The van der Waals surface area contributed by atoms with Crippen LogP contribution in [-0.2, 0) is 33.7 Å². The summed E-state index contributed by atoms with van der Waals surface area (Å²) < 4.78 is 17.2. The van der Waals surface area contributed by atoms with Gasteiger partial charge in [0.05, 0.1) is 0 Å². The molecule has 0 bridgehead atoms. The van der Waals surface area contributed by atoms with Crippen molar-refractivity contribution in [3.63, 3.8) is 0 Å². The molecule has 2 aromatic rings. The maximum Gasteiger partial charge on any atom is 0.344 e. The summed E-state index contributed by atoms with van der Waals surface area (Å²) in [6.07, 6.45) is -0.422. The van der Waals surface area contributed by atoms with Crippen molar-refractivity contribution >= 4 is 19.6 Å². The van der Waals surface area contributed by atoms with Gasteiger partial charge in [-0.25, -0.2) is 9.59 Å². The SMILES string of the molecule is CC(C)CN(CP(=O)(O)O)C(=O)N1Cc2ccccc2C[C@@H]1C(=O)OCc1ccccc1. The molecule has 32 heavy (non-hydrogen) atoms. The molecule has 0 radical (unpaired) electrons. The second-order valence-corrected chi connectivity index (χ2v) is 10.0. The molecule has 2 amide bonds. The molecule has 0 fully saturated rings. The van der Waals surface area contributed by atoms with Crippen LogP contribution in [0.2, 0.25) is 0 Å². The summed E-state index contributed by atoms with van der Waals surface area (Å²) >= 11 is 0. The van der Waals surface area contributed by atoms with Crippen LogP contribution in [0.5, 0.6) is 0 Å². The normalized spacial score (nSPS) is 15.9. The largest absolute Gasteiger partial charge is 0.459 e. The number of rotatable bonds is 7. The van der Waals surface area contributed by atoms with Gasteiger partial charge in [0.1, 0.15) is 18.9 Å². The Morgan fingerprint density at radius 3 is 2.34 bits per heavy atom. The molecule has 0 saturated carbocycles. The van der Waals surface area contributed by atoms with Crippen molar-refractivity contribution in [2.24, 2.45) is 5.92 Å². The number of carbonyl (C=O) groups is 2. The van der Waals surface area contributed by atoms with Crippen molar-refractivity contribution in [2.45, 2.75) is 39.5 Å². The minimum absolute atomic E-state index is 0.00828. The Balaban J connectivity index is 1.85. The van der Waals surface area contributed by atoms with E-state index in [1.165, 1.54) is 4.90 Å². The van der Waals surface area contributed by atoms with Gasteiger partial charge in [-0.05, 0) is 22.6 Å². The smallest absolute Gasteiger partial charge is 0.344 e. The van der Waals surface area contributed by atoms with Gasteiger partial charge in [0.2, 0.25) is 0 Å². The van der Waals surface area contributed by atoms with E-state index in [2.05, 4.69) is 0 Å². The van der Waals surface area contributed by atoms with Crippen LogP contribution in [0, 0.1) is 5.92 Å². The molecule has 0 aromatic heterocycles. The van der Waals surface area contributed by atoms with Crippen LogP contribution in [0.25, 0.3) is 0 Å². The van der Waals surface area contributed by atoms with Crippen LogP contribution in [0.15, 0.2) is 54.6 Å². The van der Waals surface area contributed by atoms with Gasteiger partial charge in [-0.15, -0.1) is 0 Å². The van der Waals surface area contributed by atoms with Crippen LogP contribution < -0.4 is 0 Å². The van der Waals surface area contributed by atoms with E-state index in [0.29, 0.717) is 0 Å². The van der Waals surface area contributed by atoms with Crippen LogP contribution >= 0.6 is 7.60 Å². The monoisotopic (exact) mass is 460 g/mol. The number of carbonyl (C=O) groups excluding carboxylic acids is 2. The average molecular weight is 460 g/mol. The highest BCUT2D eigenvalue weighted by molar-refractivity contribution is 7.51. The number of esters is 1. The van der Waals surface area contributed by atoms with Gasteiger partial charge in [0.25, 0.3) is 0 Å². The van der Waals surface area contributed by atoms with Crippen LogP contribution in [-0.4, -0.2) is 50.5 Å². The molecule has 2 aromatic carbocycles. The summed E-state index contributed by atoms with van der Waals surface area (Å²) in [7, 11) is -4.48. The Morgan fingerprint density at radius 1 is 1.09 bits per heavy atom. The summed E-state index contributed by atoms with van der Waals surface area (Å²) in [4.78, 5) is 48.0. The van der Waals surface area contributed by atoms with Crippen molar-refractivity contribution in [2.75, 3.05) is 12.8 Å². The number of ether oxygens (including phenoxy) is 1. The predicted octanol–water partition coefficient (Wildman–Crippen LogP) is 3.37. The number of benzene rings is 2. The van der Waals surface area contributed by atoms with Gasteiger partial charge < -0.3 is 24.3 Å². The molecular weight excluding hydrogens is 431 g/mol. The molecule has 0 saturated heterocycles. The van der Waals surface area contributed by atoms with Crippen LogP contribution in [0.4, 0.5) is 4.79 Å². The molecule has 172 valence electrons. The summed E-state index contributed by atoms with van der Waals surface area (Å²) in [6, 6.07) is 15.3. The lowest BCUT2D eigenvalue weighted by molar-refractivity contribution is -0.151. The van der Waals surface area contributed by atoms with Gasteiger partial charge in [0, 0.05) is 19.5 Å². The number of hydrogen-bond donors (Lipinski definition) is 2. The third kappa shape index (κ3) is 6.42. The van der Waals surface area contributed by atoms with E-state index in [-0.39, 0.29) is 32.0 Å².